The van der Waals surface area contributed by atoms with Gasteiger partial charge in [-0.15, -0.1) is 4.68 Å². The first-order valence-electron chi connectivity index (χ1n) is 12.7. The number of aryl methyl sites for hydroxylation is 1. The second kappa shape index (κ2) is 10.8. The fraction of sp³-hybridized carbons (Fsp3) is 0.462. The first-order valence-corrected chi connectivity index (χ1v) is 12.7. The highest BCUT2D eigenvalue weighted by Gasteiger charge is 2.33. The van der Waals surface area contributed by atoms with Crippen LogP contribution in [0, 0.1) is 12.7 Å². The number of hydrogen-bond donors (Lipinski definition) is 4. The molecule has 0 radical (unpaired) electrons. The van der Waals surface area contributed by atoms with Crippen molar-refractivity contribution >= 4 is 16.7 Å². The molecule has 11 heteroatoms. The Bertz CT molecular complexity index is 1360. The maximum Gasteiger partial charge on any atom is 0.250 e. The van der Waals surface area contributed by atoms with Gasteiger partial charge < -0.3 is 20.3 Å². The fourth-order valence-corrected chi connectivity index (χ4v) is 4.91. The first-order chi connectivity index (χ1) is 18.0. The van der Waals surface area contributed by atoms with Crippen LogP contribution in [0.3, 0.4) is 0 Å². The summed E-state index contributed by atoms with van der Waals surface area (Å²) in [6.07, 6.45) is 9.35. The van der Waals surface area contributed by atoms with Crippen molar-refractivity contribution in [2.45, 2.75) is 64.3 Å². The van der Waals surface area contributed by atoms with Crippen LogP contribution < -0.4 is 14.7 Å². The van der Waals surface area contributed by atoms with E-state index < -0.39 is 11.9 Å². The van der Waals surface area contributed by atoms with Gasteiger partial charge in [-0.25, -0.2) is 14.4 Å². The van der Waals surface area contributed by atoms with Crippen LogP contribution >= 0.6 is 0 Å². The Morgan fingerprint density at radius 3 is 2.84 bits per heavy atom. The third-order valence-electron chi connectivity index (χ3n) is 6.87. The molecule has 0 bridgehead atoms. The molecule has 5 rings (SSSR count). The molecular formula is C26H33FN7O3+. The molecule has 1 atom stereocenters. The lowest BCUT2D eigenvalue weighted by atomic mass is 9.93. The van der Waals surface area contributed by atoms with E-state index in [2.05, 4.69) is 30.2 Å². The number of aromatic nitrogens is 6. The molecule has 196 valence electrons. The van der Waals surface area contributed by atoms with Crippen LogP contribution in [0.25, 0.3) is 22.2 Å². The number of nitrogens with one attached hydrogen (secondary N) is 2. The zero-order valence-corrected chi connectivity index (χ0v) is 21.1. The molecule has 4 aromatic rings. The summed E-state index contributed by atoms with van der Waals surface area (Å²) in [4.78, 5) is 8.66. The van der Waals surface area contributed by atoms with Crippen LogP contribution in [-0.2, 0) is 6.54 Å². The van der Waals surface area contributed by atoms with Crippen molar-refractivity contribution < 1.29 is 24.0 Å². The fourth-order valence-electron chi connectivity index (χ4n) is 4.91. The van der Waals surface area contributed by atoms with E-state index in [1.54, 1.807) is 30.1 Å². The van der Waals surface area contributed by atoms with Crippen LogP contribution in [0.4, 0.5) is 10.2 Å². The minimum absolute atomic E-state index is 0.0772. The maximum absolute atomic E-state index is 14.4. The average molecular weight is 511 g/mol. The van der Waals surface area contributed by atoms with Gasteiger partial charge in [0.25, 0.3) is 5.88 Å². The number of anilines is 1. The largest absolute Gasteiger partial charge is 0.472 e. The van der Waals surface area contributed by atoms with Gasteiger partial charge in [0.15, 0.2) is 11.9 Å². The molecule has 10 nitrogen and oxygen atoms in total. The summed E-state index contributed by atoms with van der Waals surface area (Å²) in [6, 6.07) is 3.89. The van der Waals surface area contributed by atoms with Crippen molar-refractivity contribution in [3.05, 3.63) is 48.3 Å². The Balaban J connectivity index is 1.40. The Hall–Kier alpha value is -3.57. The van der Waals surface area contributed by atoms with Crippen LogP contribution in [-0.4, -0.2) is 60.4 Å². The smallest absolute Gasteiger partial charge is 0.250 e. The number of ether oxygens (including phenoxy) is 1. The molecule has 1 aliphatic carbocycles. The number of rotatable bonds is 9. The van der Waals surface area contributed by atoms with E-state index in [1.165, 1.54) is 0 Å². The van der Waals surface area contributed by atoms with Crippen LogP contribution in [0.1, 0.15) is 44.2 Å². The second-order valence-corrected chi connectivity index (χ2v) is 9.56. The lowest BCUT2D eigenvalue weighted by Gasteiger charge is -2.25. The van der Waals surface area contributed by atoms with Gasteiger partial charge in [-0.1, -0.05) is 0 Å². The topological polar surface area (TPSA) is 125 Å². The number of fused-ring (bicyclic) bond motifs is 1. The summed E-state index contributed by atoms with van der Waals surface area (Å²) >= 11 is 0. The lowest BCUT2D eigenvalue weighted by Crippen LogP contribution is -2.44. The highest BCUT2D eigenvalue weighted by atomic mass is 19.1. The molecule has 37 heavy (non-hydrogen) atoms. The molecular weight excluding hydrogens is 477 g/mol. The molecule has 1 aliphatic rings. The number of aliphatic hydroxyl groups is 2. The molecule has 1 fully saturated rings. The summed E-state index contributed by atoms with van der Waals surface area (Å²) in [5.74, 6) is 0.483. The molecule has 4 heterocycles. The molecule has 0 saturated heterocycles. The van der Waals surface area contributed by atoms with Crippen molar-refractivity contribution in [3.8, 4) is 17.1 Å². The quantitative estimate of drug-likeness (QED) is 0.255. The highest BCUT2D eigenvalue weighted by Crippen LogP contribution is 2.32. The molecule has 0 aromatic carbocycles. The summed E-state index contributed by atoms with van der Waals surface area (Å²) < 4.78 is 24.1. The van der Waals surface area contributed by atoms with Crippen LogP contribution in [0.15, 0.2) is 36.9 Å². The minimum Gasteiger partial charge on any atom is -0.472 e. The molecule has 1 saturated carbocycles. The summed E-state index contributed by atoms with van der Waals surface area (Å²) in [5.41, 5.74) is 3.31. The van der Waals surface area contributed by atoms with E-state index >= 15 is 0 Å². The molecule has 0 amide bonds. The number of nitrogens with zero attached hydrogens (tertiary/aromatic N) is 5. The Kier molecular flexibility index (Phi) is 7.33. The van der Waals surface area contributed by atoms with E-state index in [0.29, 0.717) is 5.56 Å². The monoisotopic (exact) mass is 510 g/mol. The third-order valence-corrected chi connectivity index (χ3v) is 6.87. The predicted octanol–water partition coefficient (Wildman–Crippen LogP) is 2.90. The van der Waals surface area contributed by atoms with E-state index in [9.17, 15) is 9.50 Å². The van der Waals surface area contributed by atoms with Crippen LogP contribution in [0.5, 0.6) is 5.88 Å². The van der Waals surface area contributed by atoms with Gasteiger partial charge in [0.05, 0.1) is 36.9 Å². The number of hydrogen-bond acceptors (Lipinski definition) is 7. The summed E-state index contributed by atoms with van der Waals surface area (Å²) in [7, 11) is 0. The van der Waals surface area contributed by atoms with Gasteiger partial charge in [-0.05, 0) is 38.3 Å². The summed E-state index contributed by atoms with van der Waals surface area (Å²) in [6.45, 7) is 4.39. The van der Waals surface area contributed by atoms with E-state index in [4.69, 9.17) is 9.84 Å². The van der Waals surface area contributed by atoms with E-state index in [0.717, 1.165) is 60.2 Å². The number of H-pyrrole nitrogens is 1. The van der Waals surface area contributed by atoms with Gasteiger partial charge in [-0.3, -0.25) is 4.68 Å². The van der Waals surface area contributed by atoms with Gasteiger partial charge in [0.2, 0.25) is 5.52 Å². The van der Waals surface area contributed by atoms with Gasteiger partial charge in [0, 0.05) is 43.5 Å². The summed E-state index contributed by atoms with van der Waals surface area (Å²) in [5, 5.41) is 31.1. The van der Waals surface area contributed by atoms with E-state index in [1.807, 2.05) is 25.4 Å². The molecule has 0 spiro atoms. The number of aliphatic hydroxyl groups excluding tert-OH is 2. The number of aromatic amines is 1. The van der Waals surface area contributed by atoms with Crippen molar-refractivity contribution in [1.29, 1.82) is 0 Å². The minimum atomic E-state index is -0.872. The van der Waals surface area contributed by atoms with Crippen molar-refractivity contribution in [2.24, 2.45) is 0 Å². The first kappa shape index (κ1) is 25.1. The van der Waals surface area contributed by atoms with Gasteiger partial charge in [-0.2, -0.15) is 10.2 Å². The van der Waals surface area contributed by atoms with Gasteiger partial charge >= 0.3 is 0 Å². The maximum atomic E-state index is 14.4. The molecule has 4 N–H and O–H groups in total. The third kappa shape index (κ3) is 5.28. The zero-order valence-electron chi connectivity index (χ0n) is 21.1. The van der Waals surface area contributed by atoms with Crippen molar-refractivity contribution in [1.82, 2.24) is 24.8 Å². The van der Waals surface area contributed by atoms with Gasteiger partial charge in [0.1, 0.15) is 17.6 Å². The average Bonchev–Trinajstić information content (AvgIpc) is 3.52. The predicted molar refractivity (Wildman–Crippen MR) is 136 cm³/mol. The second-order valence-electron chi connectivity index (χ2n) is 9.56. The van der Waals surface area contributed by atoms with E-state index in [-0.39, 0.29) is 31.2 Å². The lowest BCUT2D eigenvalue weighted by molar-refractivity contribution is -0.753. The van der Waals surface area contributed by atoms with Crippen LogP contribution in [0.2, 0.25) is 0 Å². The number of halogens is 1. The number of pyridine rings is 2. The Morgan fingerprint density at radius 2 is 2.08 bits per heavy atom. The normalized spacial score (nSPS) is 18.7. The standard InChI is InChI=1S/C26H32FN7O3/c1-3-28-23-10-22-21(12-30-23)25(17-11-31-33(13-17)14-19(36)15-35)32-34(22)18-4-6-20(7-5-18)37-26-24(27)16(2)8-9-29-26/h8-13,18-20,35-36H,3-7,14-15H2,1-2H3,(H,28,30,32)/p+1/t18?,19-,20?/m0/s1. The van der Waals surface area contributed by atoms with Crippen molar-refractivity contribution in [3.63, 3.8) is 0 Å². The Labute approximate surface area is 214 Å². The highest BCUT2D eigenvalue weighted by molar-refractivity contribution is 5.91. The molecule has 4 aromatic heterocycles. The Morgan fingerprint density at radius 1 is 1.27 bits per heavy atom. The van der Waals surface area contributed by atoms with Crippen molar-refractivity contribution in [2.75, 3.05) is 18.5 Å². The zero-order chi connectivity index (χ0) is 25.9. The molecule has 0 unspecified atom stereocenters. The SMILES string of the molecule is CCNc1cc2c(cn1)c(-c1cnn(C[C@H](O)CO)c1)[nH][n+]2C1CCC(Oc2nccc(C)c2F)CC1. The molecule has 0 aliphatic heterocycles.